The van der Waals surface area contributed by atoms with E-state index in [0.29, 0.717) is 12.5 Å². The first-order valence-electron chi connectivity index (χ1n) is 9.75. The summed E-state index contributed by atoms with van der Waals surface area (Å²) in [5, 5.41) is 0. The van der Waals surface area contributed by atoms with Crippen molar-refractivity contribution in [2.24, 2.45) is 11.8 Å². The van der Waals surface area contributed by atoms with Crippen molar-refractivity contribution in [1.82, 2.24) is 4.98 Å². The second-order valence-electron chi connectivity index (χ2n) is 7.60. The van der Waals surface area contributed by atoms with Gasteiger partial charge in [-0.3, -0.25) is 9.78 Å². The number of rotatable bonds is 7. The average Bonchev–Trinajstić information content (AvgIpc) is 2.92. The van der Waals surface area contributed by atoms with Gasteiger partial charge in [-0.1, -0.05) is 57.5 Å². The molecular formula is C23H29NO2. The lowest BCUT2D eigenvalue weighted by Crippen LogP contribution is -2.33. The van der Waals surface area contributed by atoms with Crippen LogP contribution in [0, 0.1) is 11.8 Å². The van der Waals surface area contributed by atoms with Gasteiger partial charge in [-0.2, -0.15) is 0 Å². The van der Waals surface area contributed by atoms with Crippen LogP contribution in [0.1, 0.15) is 58.1 Å². The number of nitrogens with zero attached hydrogens (tertiary/aromatic N) is 1. The third kappa shape index (κ3) is 3.15. The molecule has 0 fully saturated rings. The molecular weight excluding hydrogens is 322 g/mol. The Kier molecular flexibility index (Phi) is 5.45. The number of aromatic nitrogens is 1. The third-order valence-electron chi connectivity index (χ3n) is 5.76. The maximum Gasteiger partial charge on any atom is 0.308 e. The molecule has 0 aliphatic heterocycles. The van der Waals surface area contributed by atoms with Gasteiger partial charge in [-0.05, 0) is 42.9 Å². The van der Waals surface area contributed by atoms with Crippen LogP contribution in [0.2, 0.25) is 0 Å². The molecule has 1 aliphatic carbocycles. The lowest BCUT2D eigenvalue weighted by atomic mass is 9.67. The Morgan fingerprint density at radius 3 is 2.54 bits per heavy atom. The zero-order valence-corrected chi connectivity index (χ0v) is 16.3. The SMILES string of the molecule is CCOC(=O)[C@@H](C)CC1(C[C@H](C)CC)c2ccccc2-c2ncccc21. The van der Waals surface area contributed by atoms with Gasteiger partial charge >= 0.3 is 5.97 Å². The predicted molar refractivity (Wildman–Crippen MR) is 105 cm³/mol. The molecule has 1 heterocycles. The van der Waals surface area contributed by atoms with Crippen molar-refractivity contribution in [2.45, 2.75) is 52.4 Å². The number of pyridine rings is 1. The quantitative estimate of drug-likeness (QED) is 0.629. The smallest absolute Gasteiger partial charge is 0.308 e. The first-order valence-corrected chi connectivity index (χ1v) is 9.75. The van der Waals surface area contributed by atoms with Gasteiger partial charge in [-0.25, -0.2) is 0 Å². The maximum atomic E-state index is 12.4. The number of esters is 1. The molecule has 0 spiro atoms. The van der Waals surface area contributed by atoms with E-state index in [9.17, 15) is 4.79 Å². The van der Waals surface area contributed by atoms with Crippen LogP contribution >= 0.6 is 0 Å². The van der Waals surface area contributed by atoms with Gasteiger partial charge in [0.05, 0.1) is 18.2 Å². The number of carbonyl (C=O) groups excluding carboxylic acids is 1. The highest BCUT2D eigenvalue weighted by Crippen LogP contribution is 2.54. The summed E-state index contributed by atoms with van der Waals surface area (Å²) < 4.78 is 5.31. The summed E-state index contributed by atoms with van der Waals surface area (Å²) in [4.78, 5) is 17.1. The Morgan fingerprint density at radius 2 is 1.81 bits per heavy atom. The van der Waals surface area contributed by atoms with Gasteiger partial charge in [0, 0.05) is 17.2 Å². The van der Waals surface area contributed by atoms with Crippen LogP contribution in [0.5, 0.6) is 0 Å². The Labute approximate surface area is 156 Å². The minimum Gasteiger partial charge on any atom is -0.466 e. The molecule has 0 amide bonds. The fourth-order valence-corrected chi connectivity index (χ4v) is 4.41. The Bertz CT molecular complexity index is 738. The first-order chi connectivity index (χ1) is 12.5. The van der Waals surface area contributed by atoms with Gasteiger partial charge in [0.2, 0.25) is 0 Å². The number of fused-ring (bicyclic) bond motifs is 3. The van der Waals surface area contributed by atoms with Crippen LogP contribution in [0.3, 0.4) is 0 Å². The minimum atomic E-state index is -0.179. The van der Waals surface area contributed by atoms with Crippen LogP contribution in [0.15, 0.2) is 42.6 Å². The Hall–Kier alpha value is -2.16. The zero-order chi connectivity index (χ0) is 18.7. The number of ether oxygens (including phenoxy) is 1. The standard InChI is InChI=1S/C23H29NO2/c1-5-16(3)14-23(15-17(4)22(25)26-6-2)19-11-8-7-10-18(19)21-20(23)12-9-13-24-21/h7-13,16-17H,5-6,14-15H2,1-4H3/t16-,17+,23?/m1/s1. The molecule has 2 aromatic rings. The van der Waals surface area contributed by atoms with E-state index in [1.165, 1.54) is 16.7 Å². The Balaban J connectivity index is 2.13. The lowest BCUT2D eigenvalue weighted by Gasteiger charge is -2.36. The summed E-state index contributed by atoms with van der Waals surface area (Å²) in [6, 6.07) is 12.8. The highest BCUT2D eigenvalue weighted by Gasteiger charge is 2.46. The molecule has 3 rings (SSSR count). The molecule has 3 nitrogen and oxygen atoms in total. The molecule has 3 heteroatoms. The molecule has 1 unspecified atom stereocenters. The summed E-state index contributed by atoms with van der Waals surface area (Å²) in [5.74, 6) is 0.299. The number of hydrogen-bond donors (Lipinski definition) is 0. The topological polar surface area (TPSA) is 39.2 Å². The second kappa shape index (κ2) is 7.61. The molecule has 1 aromatic heterocycles. The molecule has 0 bridgehead atoms. The molecule has 138 valence electrons. The normalized spacial score (nSPS) is 20.2. The van der Waals surface area contributed by atoms with Gasteiger partial charge < -0.3 is 4.74 Å². The highest BCUT2D eigenvalue weighted by molar-refractivity contribution is 5.79. The van der Waals surface area contributed by atoms with Gasteiger partial charge in [0.15, 0.2) is 0 Å². The molecule has 0 saturated heterocycles. The van der Waals surface area contributed by atoms with E-state index in [0.717, 1.165) is 25.0 Å². The molecule has 1 aliphatic rings. The average molecular weight is 351 g/mol. The summed E-state index contributed by atoms with van der Waals surface area (Å²) in [6.07, 6.45) is 4.76. The molecule has 3 atom stereocenters. The maximum absolute atomic E-state index is 12.4. The second-order valence-corrected chi connectivity index (χ2v) is 7.60. The van der Waals surface area contributed by atoms with Crippen LogP contribution in [0.25, 0.3) is 11.3 Å². The van der Waals surface area contributed by atoms with E-state index in [1.54, 1.807) is 0 Å². The fourth-order valence-electron chi connectivity index (χ4n) is 4.41. The third-order valence-corrected chi connectivity index (χ3v) is 5.76. The number of carbonyl (C=O) groups is 1. The van der Waals surface area contributed by atoms with Crippen molar-refractivity contribution in [3.8, 4) is 11.3 Å². The lowest BCUT2D eigenvalue weighted by molar-refractivity contribution is -0.148. The molecule has 0 radical (unpaired) electrons. The fraction of sp³-hybridized carbons (Fsp3) is 0.478. The largest absolute Gasteiger partial charge is 0.466 e. The molecule has 1 aromatic carbocycles. The van der Waals surface area contributed by atoms with Crippen LogP contribution < -0.4 is 0 Å². The zero-order valence-electron chi connectivity index (χ0n) is 16.3. The van der Waals surface area contributed by atoms with E-state index in [2.05, 4.69) is 44.2 Å². The summed E-state index contributed by atoms with van der Waals surface area (Å²) in [6.45, 7) is 8.82. The van der Waals surface area contributed by atoms with Crippen molar-refractivity contribution in [1.29, 1.82) is 0 Å². The van der Waals surface area contributed by atoms with E-state index in [-0.39, 0.29) is 17.3 Å². The number of benzene rings is 1. The van der Waals surface area contributed by atoms with Crippen LogP contribution in [0.4, 0.5) is 0 Å². The van der Waals surface area contributed by atoms with E-state index >= 15 is 0 Å². The van der Waals surface area contributed by atoms with Gasteiger partial charge in [-0.15, -0.1) is 0 Å². The predicted octanol–water partition coefficient (Wildman–Crippen LogP) is 5.37. The summed E-state index contributed by atoms with van der Waals surface area (Å²) in [5.41, 5.74) is 4.68. The van der Waals surface area contributed by atoms with Crippen molar-refractivity contribution >= 4 is 5.97 Å². The van der Waals surface area contributed by atoms with E-state index in [4.69, 9.17) is 9.72 Å². The Morgan fingerprint density at radius 1 is 1.08 bits per heavy atom. The van der Waals surface area contributed by atoms with Crippen molar-refractivity contribution in [2.75, 3.05) is 6.61 Å². The van der Waals surface area contributed by atoms with Crippen molar-refractivity contribution in [3.63, 3.8) is 0 Å². The van der Waals surface area contributed by atoms with E-state index < -0.39 is 0 Å². The molecule has 0 saturated carbocycles. The van der Waals surface area contributed by atoms with Crippen LogP contribution in [-0.2, 0) is 14.9 Å². The number of hydrogen-bond acceptors (Lipinski definition) is 3. The molecule has 0 N–H and O–H groups in total. The van der Waals surface area contributed by atoms with E-state index in [1.807, 2.05) is 26.1 Å². The van der Waals surface area contributed by atoms with Gasteiger partial charge in [0.25, 0.3) is 0 Å². The highest BCUT2D eigenvalue weighted by atomic mass is 16.5. The van der Waals surface area contributed by atoms with Gasteiger partial charge in [0.1, 0.15) is 0 Å². The monoisotopic (exact) mass is 351 g/mol. The van der Waals surface area contributed by atoms with Crippen LogP contribution in [-0.4, -0.2) is 17.6 Å². The first kappa shape index (κ1) is 18.6. The molecule has 26 heavy (non-hydrogen) atoms. The van der Waals surface area contributed by atoms with Crippen molar-refractivity contribution < 1.29 is 9.53 Å². The summed E-state index contributed by atoms with van der Waals surface area (Å²) >= 11 is 0. The van der Waals surface area contributed by atoms with Crippen molar-refractivity contribution in [3.05, 3.63) is 53.7 Å². The minimum absolute atomic E-state index is 0.106. The summed E-state index contributed by atoms with van der Waals surface area (Å²) in [7, 11) is 0.